The molecule has 0 aromatic carbocycles. The van der Waals surface area contributed by atoms with Crippen molar-refractivity contribution in [2.75, 3.05) is 39.4 Å². The summed E-state index contributed by atoms with van der Waals surface area (Å²) in [5, 5.41) is 7.08. The molecule has 1 saturated heterocycles. The average Bonchev–Trinajstić information content (AvgIpc) is 3.21. The average molecular weight is 540 g/mol. The van der Waals surface area contributed by atoms with Crippen molar-refractivity contribution < 1.29 is 4.74 Å². The number of fused-ring (bicyclic) bond motifs is 1. The van der Waals surface area contributed by atoms with Gasteiger partial charge in [-0.25, -0.2) is 9.98 Å². The fourth-order valence-electron chi connectivity index (χ4n) is 4.88. The molecule has 8 heteroatoms. The lowest BCUT2D eigenvalue weighted by molar-refractivity contribution is -0.0352. The highest BCUT2D eigenvalue weighted by molar-refractivity contribution is 14.0. The van der Waals surface area contributed by atoms with E-state index >= 15 is 0 Å². The van der Waals surface area contributed by atoms with Crippen molar-refractivity contribution in [1.29, 1.82) is 0 Å². The van der Waals surface area contributed by atoms with Crippen LogP contribution in [0.4, 0.5) is 0 Å². The Hall–Kier alpha value is -1.39. The van der Waals surface area contributed by atoms with Crippen LogP contribution in [0.25, 0.3) is 5.65 Å². The van der Waals surface area contributed by atoms with Gasteiger partial charge in [0.15, 0.2) is 5.96 Å². The van der Waals surface area contributed by atoms with Gasteiger partial charge >= 0.3 is 0 Å². The van der Waals surface area contributed by atoms with Crippen LogP contribution in [-0.4, -0.2) is 65.2 Å². The third-order valence-corrected chi connectivity index (χ3v) is 6.54. The van der Waals surface area contributed by atoms with Crippen LogP contribution in [0.2, 0.25) is 0 Å². The second kappa shape index (κ2) is 11.5. The molecule has 0 spiro atoms. The highest BCUT2D eigenvalue weighted by atomic mass is 127. The van der Waals surface area contributed by atoms with Crippen LogP contribution in [0.3, 0.4) is 0 Å². The predicted molar refractivity (Wildman–Crippen MR) is 136 cm³/mol. The van der Waals surface area contributed by atoms with Gasteiger partial charge in [-0.05, 0) is 38.8 Å². The minimum atomic E-state index is 0. The number of nitrogens with one attached hydrogen (secondary N) is 2. The van der Waals surface area contributed by atoms with Gasteiger partial charge < -0.3 is 19.8 Å². The van der Waals surface area contributed by atoms with Crippen molar-refractivity contribution in [3.63, 3.8) is 0 Å². The van der Waals surface area contributed by atoms with Gasteiger partial charge in [0.25, 0.3) is 0 Å². The highest BCUT2D eigenvalue weighted by Crippen LogP contribution is 2.33. The lowest BCUT2D eigenvalue weighted by Crippen LogP contribution is -2.60. The van der Waals surface area contributed by atoms with Crippen LogP contribution in [0.1, 0.15) is 50.4 Å². The van der Waals surface area contributed by atoms with Crippen molar-refractivity contribution in [1.82, 2.24) is 24.9 Å². The summed E-state index contributed by atoms with van der Waals surface area (Å²) in [7, 11) is 0. The van der Waals surface area contributed by atoms with Crippen LogP contribution in [0.5, 0.6) is 0 Å². The zero-order valence-corrected chi connectivity index (χ0v) is 21.2. The van der Waals surface area contributed by atoms with Crippen molar-refractivity contribution in [2.45, 2.75) is 58.0 Å². The number of aryl methyl sites for hydroxylation is 1. The number of guanidine groups is 1. The van der Waals surface area contributed by atoms with Gasteiger partial charge in [-0.15, -0.1) is 24.0 Å². The van der Waals surface area contributed by atoms with Crippen molar-refractivity contribution >= 4 is 35.6 Å². The summed E-state index contributed by atoms with van der Waals surface area (Å²) < 4.78 is 7.74. The number of nitrogens with zero attached hydrogens (tertiary/aromatic N) is 4. The summed E-state index contributed by atoms with van der Waals surface area (Å²) >= 11 is 0. The molecule has 1 saturated carbocycles. The molecule has 0 unspecified atom stereocenters. The van der Waals surface area contributed by atoms with Crippen LogP contribution >= 0.6 is 24.0 Å². The normalized spacial score (nSPS) is 19.7. The summed E-state index contributed by atoms with van der Waals surface area (Å²) in [6.07, 6.45) is 8.58. The van der Waals surface area contributed by atoms with Gasteiger partial charge in [-0.2, -0.15) is 0 Å². The molecule has 0 atom stereocenters. The topological polar surface area (TPSA) is 66.2 Å². The van der Waals surface area contributed by atoms with E-state index in [0.29, 0.717) is 6.54 Å². The summed E-state index contributed by atoms with van der Waals surface area (Å²) in [4.78, 5) is 12.2. The number of hydrogen-bond donors (Lipinski definition) is 2. The van der Waals surface area contributed by atoms with E-state index in [9.17, 15) is 0 Å². The minimum absolute atomic E-state index is 0. The molecule has 3 heterocycles. The number of rotatable bonds is 6. The van der Waals surface area contributed by atoms with E-state index in [1.165, 1.54) is 37.8 Å². The Morgan fingerprint density at radius 2 is 1.94 bits per heavy atom. The molecule has 2 fully saturated rings. The summed E-state index contributed by atoms with van der Waals surface area (Å²) in [5.74, 6) is 0.879. The summed E-state index contributed by atoms with van der Waals surface area (Å²) in [6, 6.07) is 6.19. The Labute approximate surface area is 203 Å². The SMILES string of the molecule is CCNC(=NCc1cn2c(C)cccc2n1)NCC1(N2CCOCC2)CCCCC1.I. The smallest absolute Gasteiger partial charge is 0.191 e. The van der Waals surface area contributed by atoms with Gasteiger partial charge in [0.2, 0.25) is 0 Å². The highest BCUT2D eigenvalue weighted by Gasteiger charge is 2.38. The second-order valence-electron chi connectivity index (χ2n) is 8.56. The lowest BCUT2D eigenvalue weighted by atomic mass is 9.80. The molecule has 172 valence electrons. The molecule has 31 heavy (non-hydrogen) atoms. The van der Waals surface area contributed by atoms with Gasteiger partial charge in [-0.1, -0.05) is 25.3 Å². The van der Waals surface area contributed by atoms with E-state index in [1.807, 2.05) is 12.1 Å². The first kappa shape index (κ1) is 24.3. The van der Waals surface area contributed by atoms with E-state index in [4.69, 9.17) is 14.7 Å². The zero-order valence-electron chi connectivity index (χ0n) is 18.9. The molecule has 0 radical (unpaired) electrons. The van der Waals surface area contributed by atoms with Crippen LogP contribution < -0.4 is 10.6 Å². The maximum Gasteiger partial charge on any atom is 0.191 e. The van der Waals surface area contributed by atoms with Crippen molar-refractivity contribution in [2.24, 2.45) is 4.99 Å². The summed E-state index contributed by atoms with van der Waals surface area (Å²) in [5.41, 5.74) is 3.37. The van der Waals surface area contributed by atoms with Gasteiger partial charge in [-0.3, -0.25) is 4.90 Å². The fourth-order valence-corrected chi connectivity index (χ4v) is 4.88. The molecule has 2 aromatic rings. The summed E-state index contributed by atoms with van der Waals surface area (Å²) in [6.45, 7) is 10.3. The molecule has 2 N–H and O–H groups in total. The number of ether oxygens (including phenoxy) is 1. The predicted octanol–water partition coefficient (Wildman–Crippen LogP) is 3.35. The molecule has 2 aliphatic rings. The monoisotopic (exact) mass is 540 g/mol. The minimum Gasteiger partial charge on any atom is -0.379 e. The third-order valence-electron chi connectivity index (χ3n) is 6.54. The Morgan fingerprint density at radius 3 is 2.65 bits per heavy atom. The Balaban J connectivity index is 0.00000272. The molecule has 1 aliphatic heterocycles. The second-order valence-corrected chi connectivity index (χ2v) is 8.56. The maximum atomic E-state index is 5.61. The zero-order chi connectivity index (χ0) is 20.8. The first-order valence-corrected chi connectivity index (χ1v) is 11.5. The Bertz CT molecular complexity index is 855. The molecule has 4 rings (SSSR count). The maximum absolute atomic E-state index is 5.61. The first-order chi connectivity index (χ1) is 14.7. The number of morpholine rings is 1. The van der Waals surface area contributed by atoms with Crippen LogP contribution in [0, 0.1) is 6.92 Å². The molecular weight excluding hydrogens is 503 g/mol. The molecule has 2 aromatic heterocycles. The standard InChI is InChI=1S/C23H36N6O.HI/c1-3-24-22(25-16-20-17-29-19(2)8-7-9-21(29)27-20)26-18-23(10-5-4-6-11-23)28-12-14-30-15-13-28;/h7-9,17H,3-6,10-16,18H2,1-2H3,(H2,24,25,26);1H. The van der Waals surface area contributed by atoms with Gasteiger partial charge in [0, 0.05) is 43.6 Å². The Kier molecular flexibility index (Phi) is 8.97. The number of imidazole rings is 1. The van der Waals surface area contributed by atoms with Crippen molar-refractivity contribution in [3.8, 4) is 0 Å². The number of halogens is 1. The van der Waals surface area contributed by atoms with E-state index in [-0.39, 0.29) is 29.5 Å². The first-order valence-electron chi connectivity index (χ1n) is 11.5. The third kappa shape index (κ3) is 5.90. The molecule has 0 amide bonds. The number of aromatic nitrogens is 2. The molecule has 1 aliphatic carbocycles. The molecule has 7 nitrogen and oxygen atoms in total. The van der Waals surface area contributed by atoms with E-state index < -0.39 is 0 Å². The van der Waals surface area contributed by atoms with E-state index in [2.05, 4.69) is 46.0 Å². The number of aliphatic imine (C=N–C) groups is 1. The number of pyridine rings is 1. The molecule has 0 bridgehead atoms. The fraction of sp³-hybridized carbons (Fsp3) is 0.652. The van der Waals surface area contributed by atoms with E-state index in [0.717, 1.165) is 56.7 Å². The van der Waals surface area contributed by atoms with Crippen LogP contribution in [-0.2, 0) is 11.3 Å². The number of hydrogen-bond acceptors (Lipinski definition) is 4. The van der Waals surface area contributed by atoms with Gasteiger partial charge in [0.05, 0.1) is 25.5 Å². The quantitative estimate of drug-likeness (QED) is 0.334. The molecular formula is C23H37IN6O. The van der Waals surface area contributed by atoms with Crippen molar-refractivity contribution in [3.05, 3.63) is 35.8 Å². The Morgan fingerprint density at radius 1 is 1.16 bits per heavy atom. The largest absolute Gasteiger partial charge is 0.379 e. The van der Waals surface area contributed by atoms with E-state index in [1.54, 1.807) is 0 Å². The lowest BCUT2D eigenvalue weighted by Gasteiger charge is -2.48. The van der Waals surface area contributed by atoms with Crippen LogP contribution in [0.15, 0.2) is 29.4 Å². The van der Waals surface area contributed by atoms with Gasteiger partial charge in [0.1, 0.15) is 5.65 Å².